The quantitative estimate of drug-likeness (QED) is 0.887. The zero-order chi connectivity index (χ0) is 18.8. The maximum atomic E-state index is 12.4. The lowest BCUT2D eigenvalue weighted by molar-refractivity contribution is 0.173. The van der Waals surface area contributed by atoms with E-state index in [1.165, 1.54) is 0 Å². The van der Waals surface area contributed by atoms with Gasteiger partial charge in [0.1, 0.15) is 0 Å². The highest BCUT2D eigenvalue weighted by Crippen LogP contribution is 2.32. The Labute approximate surface area is 157 Å². The fraction of sp³-hybridized carbons (Fsp3) is 0.526. The Morgan fingerprint density at radius 3 is 2.78 bits per heavy atom. The van der Waals surface area contributed by atoms with Crippen LogP contribution in [0.3, 0.4) is 0 Å². The summed E-state index contributed by atoms with van der Waals surface area (Å²) < 4.78 is 16.1. The molecule has 0 unspecified atom stereocenters. The Hall–Kier alpha value is -2.77. The number of aromatic nitrogens is 2. The lowest BCUT2D eigenvalue weighted by atomic mass is 9.97. The highest BCUT2D eigenvalue weighted by molar-refractivity contribution is 5.74. The van der Waals surface area contributed by atoms with Crippen molar-refractivity contribution in [3.8, 4) is 11.5 Å². The molecule has 1 saturated heterocycles. The summed E-state index contributed by atoms with van der Waals surface area (Å²) in [5, 5.41) is 7.01. The number of nitrogens with one attached hydrogen (secondary N) is 1. The molecule has 0 bridgehead atoms. The zero-order valence-corrected chi connectivity index (χ0v) is 15.6. The van der Waals surface area contributed by atoms with Crippen molar-refractivity contribution < 1.29 is 18.8 Å². The van der Waals surface area contributed by atoms with Crippen LogP contribution in [-0.2, 0) is 6.54 Å². The maximum absolute atomic E-state index is 12.4. The van der Waals surface area contributed by atoms with E-state index in [0.717, 1.165) is 35.7 Å². The standard InChI is InChI=1S/C19H24N4O4/c1-12(2)17-21-18(27-22-17)14-5-7-23(8-6-14)19(24)20-10-13-3-4-15-16(9-13)26-11-25-15/h3-4,9,12,14H,5-8,10-11H2,1-2H3,(H,20,24). The van der Waals surface area contributed by atoms with Gasteiger partial charge in [0.2, 0.25) is 12.7 Å². The van der Waals surface area contributed by atoms with E-state index in [-0.39, 0.29) is 24.7 Å². The predicted octanol–water partition coefficient (Wildman–Crippen LogP) is 3.01. The topological polar surface area (TPSA) is 89.7 Å². The first-order valence-corrected chi connectivity index (χ1v) is 9.35. The van der Waals surface area contributed by atoms with E-state index in [9.17, 15) is 4.79 Å². The Morgan fingerprint density at radius 1 is 1.26 bits per heavy atom. The minimum Gasteiger partial charge on any atom is -0.454 e. The number of likely N-dealkylation sites (tertiary alicyclic amines) is 1. The average molecular weight is 372 g/mol. The molecule has 1 N–H and O–H groups in total. The van der Waals surface area contributed by atoms with Crippen LogP contribution in [0.25, 0.3) is 0 Å². The molecule has 2 aromatic rings. The van der Waals surface area contributed by atoms with Gasteiger partial charge in [-0.1, -0.05) is 25.1 Å². The fourth-order valence-corrected chi connectivity index (χ4v) is 3.32. The molecule has 3 heterocycles. The average Bonchev–Trinajstić information content (AvgIpc) is 3.35. The van der Waals surface area contributed by atoms with Crippen molar-refractivity contribution in [1.82, 2.24) is 20.4 Å². The number of benzene rings is 1. The largest absolute Gasteiger partial charge is 0.454 e. The Morgan fingerprint density at radius 2 is 2.04 bits per heavy atom. The Bertz CT molecular complexity index is 812. The highest BCUT2D eigenvalue weighted by Gasteiger charge is 2.27. The molecular weight excluding hydrogens is 348 g/mol. The lowest BCUT2D eigenvalue weighted by Crippen LogP contribution is -2.43. The zero-order valence-electron chi connectivity index (χ0n) is 15.6. The normalized spacial score (nSPS) is 16.8. The van der Waals surface area contributed by atoms with Gasteiger partial charge in [-0.05, 0) is 30.5 Å². The summed E-state index contributed by atoms with van der Waals surface area (Å²) >= 11 is 0. The first-order chi connectivity index (χ1) is 13.1. The number of nitrogens with zero attached hydrogens (tertiary/aromatic N) is 3. The maximum Gasteiger partial charge on any atom is 0.317 e. The molecule has 0 spiro atoms. The number of amides is 2. The number of hydrogen-bond donors (Lipinski definition) is 1. The minimum atomic E-state index is -0.0560. The molecular formula is C19H24N4O4. The second-order valence-corrected chi connectivity index (χ2v) is 7.25. The van der Waals surface area contributed by atoms with E-state index in [1.54, 1.807) is 0 Å². The second-order valence-electron chi connectivity index (χ2n) is 7.25. The monoisotopic (exact) mass is 372 g/mol. The number of rotatable bonds is 4. The smallest absolute Gasteiger partial charge is 0.317 e. The molecule has 0 aliphatic carbocycles. The SMILES string of the molecule is CC(C)c1noc(C2CCN(C(=O)NCc3ccc4c(c3)OCO4)CC2)n1. The van der Waals surface area contributed by atoms with Crippen molar-refractivity contribution in [3.63, 3.8) is 0 Å². The molecule has 2 aliphatic heterocycles. The third-order valence-electron chi connectivity index (χ3n) is 4.99. The van der Waals surface area contributed by atoms with Crippen LogP contribution >= 0.6 is 0 Å². The second kappa shape index (κ2) is 7.46. The van der Waals surface area contributed by atoms with Gasteiger partial charge in [-0.25, -0.2) is 4.79 Å². The Balaban J connectivity index is 1.27. The molecule has 0 saturated carbocycles. The summed E-state index contributed by atoms with van der Waals surface area (Å²) in [5.74, 6) is 3.39. The van der Waals surface area contributed by atoms with Crippen LogP contribution in [-0.4, -0.2) is 41.0 Å². The third kappa shape index (κ3) is 3.84. The van der Waals surface area contributed by atoms with Crippen LogP contribution in [0.1, 0.15) is 55.8 Å². The van der Waals surface area contributed by atoms with Crippen LogP contribution in [0.4, 0.5) is 4.79 Å². The van der Waals surface area contributed by atoms with Gasteiger partial charge in [0.25, 0.3) is 0 Å². The van der Waals surface area contributed by atoms with Gasteiger partial charge in [-0.2, -0.15) is 4.98 Å². The van der Waals surface area contributed by atoms with Gasteiger partial charge in [0, 0.05) is 31.5 Å². The van der Waals surface area contributed by atoms with E-state index in [0.29, 0.717) is 25.5 Å². The van der Waals surface area contributed by atoms with Gasteiger partial charge in [-0.15, -0.1) is 0 Å². The minimum absolute atomic E-state index is 0.0560. The summed E-state index contributed by atoms with van der Waals surface area (Å²) in [6.45, 7) is 6.15. The van der Waals surface area contributed by atoms with Crippen LogP contribution < -0.4 is 14.8 Å². The van der Waals surface area contributed by atoms with Crippen molar-refractivity contribution in [2.24, 2.45) is 0 Å². The molecule has 2 aliphatic rings. The van der Waals surface area contributed by atoms with E-state index in [4.69, 9.17) is 14.0 Å². The number of ether oxygens (including phenoxy) is 2. The van der Waals surface area contributed by atoms with Crippen molar-refractivity contribution in [1.29, 1.82) is 0 Å². The van der Waals surface area contributed by atoms with Crippen molar-refractivity contribution in [2.75, 3.05) is 19.9 Å². The number of carbonyl (C=O) groups excluding carboxylic acids is 1. The summed E-state index contributed by atoms with van der Waals surface area (Å²) in [6, 6.07) is 5.64. The van der Waals surface area contributed by atoms with Crippen LogP contribution in [0.15, 0.2) is 22.7 Å². The third-order valence-corrected chi connectivity index (χ3v) is 4.99. The Kier molecular flexibility index (Phi) is 4.87. The number of hydrogen-bond acceptors (Lipinski definition) is 6. The number of urea groups is 1. The fourth-order valence-electron chi connectivity index (χ4n) is 3.32. The van der Waals surface area contributed by atoms with Crippen LogP contribution in [0, 0.1) is 0 Å². The highest BCUT2D eigenvalue weighted by atomic mass is 16.7. The summed E-state index contributed by atoms with van der Waals surface area (Å²) in [4.78, 5) is 18.8. The van der Waals surface area contributed by atoms with E-state index in [2.05, 4.69) is 15.5 Å². The molecule has 1 fully saturated rings. The van der Waals surface area contributed by atoms with Crippen molar-refractivity contribution >= 4 is 6.03 Å². The molecule has 8 nitrogen and oxygen atoms in total. The molecule has 2 amide bonds. The molecule has 1 aromatic heterocycles. The molecule has 0 atom stereocenters. The van der Waals surface area contributed by atoms with E-state index in [1.807, 2.05) is 36.9 Å². The molecule has 1 aromatic carbocycles. The van der Waals surface area contributed by atoms with Gasteiger partial charge in [-0.3, -0.25) is 0 Å². The lowest BCUT2D eigenvalue weighted by Gasteiger charge is -2.30. The van der Waals surface area contributed by atoms with Gasteiger partial charge < -0.3 is 24.2 Å². The number of fused-ring (bicyclic) bond motifs is 1. The number of piperidine rings is 1. The number of carbonyl (C=O) groups is 1. The van der Waals surface area contributed by atoms with Crippen LogP contribution in [0.5, 0.6) is 11.5 Å². The van der Waals surface area contributed by atoms with Gasteiger partial charge >= 0.3 is 6.03 Å². The molecule has 27 heavy (non-hydrogen) atoms. The predicted molar refractivity (Wildman–Crippen MR) is 96.7 cm³/mol. The van der Waals surface area contributed by atoms with Crippen LogP contribution in [0.2, 0.25) is 0 Å². The van der Waals surface area contributed by atoms with Gasteiger partial charge in [0.15, 0.2) is 17.3 Å². The molecule has 4 rings (SSSR count). The first kappa shape index (κ1) is 17.6. The van der Waals surface area contributed by atoms with Crippen molar-refractivity contribution in [3.05, 3.63) is 35.5 Å². The summed E-state index contributed by atoms with van der Waals surface area (Å²) in [5.41, 5.74) is 0.981. The van der Waals surface area contributed by atoms with Gasteiger partial charge in [0.05, 0.1) is 0 Å². The summed E-state index contributed by atoms with van der Waals surface area (Å²) in [6.07, 6.45) is 1.66. The van der Waals surface area contributed by atoms with E-state index >= 15 is 0 Å². The first-order valence-electron chi connectivity index (χ1n) is 9.35. The molecule has 0 radical (unpaired) electrons. The molecule has 144 valence electrons. The van der Waals surface area contributed by atoms with E-state index < -0.39 is 0 Å². The molecule has 8 heteroatoms. The summed E-state index contributed by atoms with van der Waals surface area (Å²) in [7, 11) is 0. The van der Waals surface area contributed by atoms with Crippen molar-refractivity contribution in [2.45, 2.75) is 45.1 Å².